The predicted octanol–water partition coefficient (Wildman–Crippen LogP) is 2.27. The lowest BCUT2D eigenvalue weighted by Gasteiger charge is -2.19. The van der Waals surface area contributed by atoms with Gasteiger partial charge >= 0.3 is 5.69 Å². The van der Waals surface area contributed by atoms with Gasteiger partial charge in [0.2, 0.25) is 0 Å². The van der Waals surface area contributed by atoms with Crippen LogP contribution in [0, 0.1) is 5.92 Å². The Morgan fingerprint density at radius 2 is 1.67 bits per heavy atom. The SMILES string of the molecule is NC(c1ccc2[nH]c(=O)[nH]c2c1)C1Cc2ccccc2C1. The molecule has 0 spiro atoms. The average molecular weight is 279 g/mol. The topological polar surface area (TPSA) is 74.7 Å². The Labute approximate surface area is 122 Å². The van der Waals surface area contributed by atoms with E-state index < -0.39 is 0 Å². The van der Waals surface area contributed by atoms with E-state index in [0.717, 1.165) is 29.4 Å². The van der Waals surface area contributed by atoms with E-state index in [2.05, 4.69) is 34.2 Å². The van der Waals surface area contributed by atoms with Crippen molar-refractivity contribution in [2.75, 3.05) is 0 Å². The Morgan fingerprint density at radius 1 is 1.00 bits per heavy atom. The fraction of sp³-hybridized carbons (Fsp3) is 0.235. The lowest BCUT2D eigenvalue weighted by atomic mass is 9.91. The molecule has 21 heavy (non-hydrogen) atoms. The molecule has 0 fully saturated rings. The molecule has 4 rings (SSSR count). The average Bonchev–Trinajstić information content (AvgIpc) is 3.07. The van der Waals surface area contributed by atoms with Crippen molar-refractivity contribution in [2.24, 2.45) is 11.7 Å². The van der Waals surface area contributed by atoms with Crippen molar-refractivity contribution < 1.29 is 0 Å². The second-order valence-corrected chi connectivity index (χ2v) is 5.85. The molecule has 0 radical (unpaired) electrons. The molecule has 1 aromatic heterocycles. The number of aromatic amines is 2. The van der Waals surface area contributed by atoms with Crippen LogP contribution in [0.5, 0.6) is 0 Å². The molecule has 0 amide bonds. The van der Waals surface area contributed by atoms with Crippen molar-refractivity contribution >= 4 is 11.0 Å². The van der Waals surface area contributed by atoms with Crippen LogP contribution in [0.4, 0.5) is 0 Å². The van der Waals surface area contributed by atoms with E-state index in [4.69, 9.17) is 5.73 Å². The van der Waals surface area contributed by atoms with E-state index in [-0.39, 0.29) is 11.7 Å². The van der Waals surface area contributed by atoms with Crippen LogP contribution in [0.25, 0.3) is 11.0 Å². The lowest BCUT2D eigenvalue weighted by Crippen LogP contribution is -2.21. The Hall–Kier alpha value is -2.33. The highest BCUT2D eigenvalue weighted by Crippen LogP contribution is 2.34. The Morgan fingerprint density at radius 3 is 2.38 bits per heavy atom. The van der Waals surface area contributed by atoms with Gasteiger partial charge in [0.25, 0.3) is 0 Å². The smallest absolute Gasteiger partial charge is 0.323 e. The van der Waals surface area contributed by atoms with Gasteiger partial charge in [0, 0.05) is 6.04 Å². The standard InChI is InChI=1S/C17H17N3O/c18-16(13-7-10-3-1-2-4-11(10)8-13)12-5-6-14-15(9-12)20-17(21)19-14/h1-6,9,13,16H,7-8,18H2,(H2,19,20,21). The molecule has 2 aromatic carbocycles. The van der Waals surface area contributed by atoms with Gasteiger partial charge in [-0.25, -0.2) is 4.79 Å². The minimum absolute atomic E-state index is 0.0137. The number of nitrogens with one attached hydrogen (secondary N) is 2. The van der Waals surface area contributed by atoms with Gasteiger partial charge in [0.1, 0.15) is 0 Å². The first-order valence-electron chi connectivity index (χ1n) is 7.25. The zero-order valence-electron chi connectivity index (χ0n) is 11.6. The molecule has 1 aliphatic carbocycles. The third-order valence-electron chi connectivity index (χ3n) is 4.52. The van der Waals surface area contributed by atoms with Crippen LogP contribution >= 0.6 is 0 Å². The summed E-state index contributed by atoms with van der Waals surface area (Å²) in [6.07, 6.45) is 2.05. The van der Waals surface area contributed by atoms with E-state index in [9.17, 15) is 4.79 Å². The number of nitrogens with two attached hydrogens (primary N) is 1. The van der Waals surface area contributed by atoms with Crippen LogP contribution in [0.3, 0.4) is 0 Å². The number of hydrogen-bond acceptors (Lipinski definition) is 2. The zero-order valence-corrected chi connectivity index (χ0v) is 11.6. The third-order valence-corrected chi connectivity index (χ3v) is 4.52. The van der Waals surface area contributed by atoms with E-state index in [1.807, 2.05) is 18.2 Å². The van der Waals surface area contributed by atoms with Gasteiger partial charge in [0.05, 0.1) is 11.0 Å². The highest BCUT2D eigenvalue weighted by atomic mass is 16.1. The quantitative estimate of drug-likeness (QED) is 0.673. The Balaban J connectivity index is 1.65. The van der Waals surface area contributed by atoms with Gasteiger partial charge in [-0.05, 0) is 47.6 Å². The predicted molar refractivity (Wildman–Crippen MR) is 83.2 cm³/mol. The summed E-state index contributed by atoms with van der Waals surface area (Å²) in [7, 11) is 0. The largest absolute Gasteiger partial charge is 0.324 e. The Bertz CT molecular complexity index is 837. The molecule has 106 valence electrons. The van der Waals surface area contributed by atoms with Crippen molar-refractivity contribution in [1.82, 2.24) is 9.97 Å². The van der Waals surface area contributed by atoms with Crippen molar-refractivity contribution in [2.45, 2.75) is 18.9 Å². The molecule has 1 heterocycles. The van der Waals surface area contributed by atoms with Crippen LogP contribution < -0.4 is 11.4 Å². The molecule has 4 nitrogen and oxygen atoms in total. The lowest BCUT2D eigenvalue weighted by molar-refractivity contribution is 0.454. The number of H-pyrrole nitrogens is 2. The van der Waals surface area contributed by atoms with Gasteiger partial charge in [-0.2, -0.15) is 0 Å². The van der Waals surface area contributed by atoms with Gasteiger partial charge in [-0.3, -0.25) is 0 Å². The minimum atomic E-state index is -0.177. The monoisotopic (exact) mass is 279 g/mol. The number of aromatic nitrogens is 2. The molecular weight excluding hydrogens is 262 g/mol. The van der Waals surface area contributed by atoms with E-state index >= 15 is 0 Å². The molecule has 1 unspecified atom stereocenters. The molecular formula is C17H17N3O. The molecule has 0 saturated carbocycles. The summed E-state index contributed by atoms with van der Waals surface area (Å²) in [5.74, 6) is 0.422. The van der Waals surface area contributed by atoms with E-state index in [1.54, 1.807) is 0 Å². The molecule has 4 heteroatoms. The third kappa shape index (κ3) is 2.08. The number of imidazole rings is 1. The summed E-state index contributed by atoms with van der Waals surface area (Å²) in [6.45, 7) is 0. The van der Waals surface area contributed by atoms with Gasteiger partial charge in [-0.1, -0.05) is 30.3 Å². The van der Waals surface area contributed by atoms with Gasteiger partial charge < -0.3 is 15.7 Å². The summed E-state index contributed by atoms with van der Waals surface area (Å²) in [5, 5.41) is 0. The zero-order chi connectivity index (χ0) is 14.4. The normalized spacial score (nSPS) is 16.2. The van der Waals surface area contributed by atoms with Crippen LogP contribution in [0.1, 0.15) is 22.7 Å². The maximum Gasteiger partial charge on any atom is 0.323 e. The summed E-state index contributed by atoms with van der Waals surface area (Å²) < 4.78 is 0. The van der Waals surface area contributed by atoms with Crippen molar-refractivity contribution in [3.8, 4) is 0 Å². The second-order valence-electron chi connectivity index (χ2n) is 5.85. The van der Waals surface area contributed by atoms with Crippen molar-refractivity contribution in [3.63, 3.8) is 0 Å². The number of fused-ring (bicyclic) bond motifs is 2. The van der Waals surface area contributed by atoms with E-state index in [0.29, 0.717) is 5.92 Å². The van der Waals surface area contributed by atoms with Crippen LogP contribution in [-0.2, 0) is 12.8 Å². The van der Waals surface area contributed by atoms with Crippen molar-refractivity contribution in [3.05, 3.63) is 69.6 Å². The molecule has 1 aliphatic rings. The molecule has 1 atom stereocenters. The molecule has 0 saturated heterocycles. The maximum absolute atomic E-state index is 11.3. The highest BCUT2D eigenvalue weighted by molar-refractivity contribution is 5.75. The Kier molecular flexibility index (Phi) is 2.72. The molecule has 3 aromatic rings. The first-order valence-corrected chi connectivity index (χ1v) is 7.25. The summed E-state index contributed by atoms with van der Waals surface area (Å²) >= 11 is 0. The minimum Gasteiger partial charge on any atom is -0.324 e. The molecule has 0 aliphatic heterocycles. The first-order chi connectivity index (χ1) is 10.2. The molecule has 4 N–H and O–H groups in total. The van der Waals surface area contributed by atoms with E-state index in [1.165, 1.54) is 11.1 Å². The highest BCUT2D eigenvalue weighted by Gasteiger charge is 2.27. The summed E-state index contributed by atoms with van der Waals surface area (Å²) in [5.41, 5.74) is 11.8. The maximum atomic E-state index is 11.3. The van der Waals surface area contributed by atoms with Crippen molar-refractivity contribution in [1.29, 1.82) is 0 Å². The number of rotatable bonds is 2. The van der Waals surface area contributed by atoms with Crippen LogP contribution in [0.2, 0.25) is 0 Å². The fourth-order valence-corrected chi connectivity index (χ4v) is 3.38. The number of benzene rings is 2. The van der Waals surface area contributed by atoms with Crippen LogP contribution in [0.15, 0.2) is 47.3 Å². The number of hydrogen-bond donors (Lipinski definition) is 3. The summed E-state index contributed by atoms with van der Waals surface area (Å²) in [6, 6.07) is 14.5. The van der Waals surface area contributed by atoms with Gasteiger partial charge in [0.15, 0.2) is 0 Å². The molecule has 0 bridgehead atoms. The van der Waals surface area contributed by atoms with Gasteiger partial charge in [-0.15, -0.1) is 0 Å². The fourth-order valence-electron chi connectivity index (χ4n) is 3.38. The second kappa shape index (κ2) is 4.60. The summed E-state index contributed by atoms with van der Waals surface area (Å²) in [4.78, 5) is 16.9. The first kappa shape index (κ1) is 12.4. The van der Waals surface area contributed by atoms with Crippen LogP contribution in [-0.4, -0.2) is 9.97 Å².